The number of methoxy groups -OCH3 is 1. The van der Waals surface area contributed by atoms with Crippen molar-refractivity contribution in [2.24, 2.45) is 5.41 Å². The van der Waals surface area contributed by atoms with E-state index in [9.17, 15) is 5.11 Å². The highest BCUT2D eigenvalue weighted by Crippen LogP contribution is 2.42. The number of piperidine rings is 1. The summed E-state index contributed by atoms with van der Waals surface area (Å²) in [6.07, 6.45) is 8.70. The van der Waals surface area contributed by atoms with Gasteiger partial charge in [0.05, 0.1) is 17.6 Å². The van der Waals surface area contributed by atoms with E-state index in [0.29, 0.717) is 40.1 Å². The summed E-state index contributed by atoms with van der Waals surface area (Å²) in [6, 6.07) is 5.46. The van der Waals surface area contributed by atoms with E-state index in [4.69, 9.17) is 16.3 Å². The molecule has 2 fully saturated rings. The number of benzene rings is 1. The Kier molecular flexibility index (Phi) is 8.77. The number of aliphatic hydroxyl groups is 1. The normalized spacial score (nSPS) is 20.4. The summed E-state index contributed by atoms with van der Waals surface area (Å²) in [4.78, 5) is 6.85. The molecule has 0 amide bonds. The van der Waals surface area contributed by atoms with Crippen molar-refractivity contribution in [2.75, 3.05) is 39.1 Å². The number of likely N-dealkylation sites (tertiary alicyclic amines) is 1. The zero-order chi connectivity index (χ0) is 23.3. The van der Waals surface area contributed by atoms with Gasteiger partial charge in [-0.2, -0.15) is 11.8 Å². The number of halogens is 2. The molecule has 4 nitrogen and oxygen atoms in total. The van der Waals surface area contributed by atoms with Crippen molar-refractivity contribution in [3.05, 3.63) is 35.0 Å². The Morgan fingerprint density at radius 1 is 1.30 bits per heavy atom. The van der Waals surface area contributed by atoms with E-state index in [-0.39, 0.29) is 12.0 Å². The van der Waals surface area contributed by atoms with E-state index < -0.39 is 6.17 Å². The molecule has 2 aromatic rings. The highest BCUT2D eigenvalue weighted by Gasteiger charge is 2.35. The van der Waals surface area contributed by atoms with Gasteiger partial charge in [-0.15, -0.1) is 0 Å². The molecule has 2 aliphatic rings. The van der Waals surface area contributed by atoms with Crippen LogP contribution in [0.4, 0.5) is 4.39 Å². The lowest BCUT2D eigenvalue weighted by Gasteiger charge is -2.41. The number of aliphatic hydroxyl groups excluding tert-OH is 1. The van der Waals surface area contributed by atoms with Gasteiger partial charge in [0.1, 0.15) is 11.9 Å². The third kappa shape index (κ3) is 6.14. The van der Waals surface area contributed by atoms with Gasteiger partial charge in [-0.25, -0.2) is 4.39 Å². The number of rotatable bonds is 10. The lowest BCUT2D eigenvalue weighted by Crippen LogP contribution is -2.43. The first-order chi connectivity index (χ1) is 16.0. The van der Waals surface area contributed by atoms with Gasteiger partial charge < -0.3 is 14.7 Å². The number of aromatic nitrogens is 1. The largest absolute Gasteiger partial charge is 0.497 e. The number of nitrogens with zero attached hydrogens (tertiary/aromatic N) is 2. The Labute approximate surface area is 206 Å². The average molecular weight is 495 g/mol. The minimum Gasteiger partial charge on any atom is -0.497 e. The fourth-order valence-electron chi connectivity index (χ4n) is 5.33. The van der Waals surface area contributed by atoms with E-state index in [0.717, 1.165) is 37.7 Å². The maximum absolute atomic E-state index is 15.6. The van der Waals surface area contributed by atoms with Crippen LogP contribution in [-0.2, 0) is 0 Å². The third-order valence-electron chi connectivity index (χ3n) is 7.62. The van der Waals surface area contributed by atoms with Gasteiger partial charge in [0.15, 0.2) is 0 Å². The van der Waals surface area contributed by atoms with Gasteiger partial charge in [0.2, 0.25) is 0 Å². The zero-order valence-corrected chi connectivity index (χ0v) is 21.1. The summed E-state index contributed by atoms with van der Waals surface area (Å²) >= 11 is 8.53. The molecule has 0 radical (unpaired) electrons. The zero-order valence-electron chi connectivity index (χ0n) is 19.6. The number of fused-ring (bicyclic) bond motifs is 1. The maximum atomic E-state index is 15.6. The predicted molar refractivity (Wildman–Crippen MR) is 136 cm³/mol. The molecular formula is C26H36ClFN2O2S. The van der Waals surface area contributed by atoms with Crippen LogP contribution in [0.15, 0.2) is 24.4 Å². The van der Waals surface area contributed by atoms with Crippen molar-refractivity contribution in [1.82, 2.24) is 9.88 Å². The number of hydrogen-bond donors (Lipinski definition) is 1. The highest BCUT2D eigenvalue weighted by molar-refractivity contribution is 7.99. The van der Waals surface area contributed by atoms with Crippen LogP contribution in [0.5, 0.6) is 5.75 Å². The molecule has 1 aromatic heterocycles. The van der Waals surface area contributed by atoms with E-state index in [1.165, 1.54) is 37.6 Å². The quantitative estimate of drug-likeness (QED) is 0.412. The van der Waals surface area contributed by atoms with Gasteiger partial charge in [0, 0.05) is 41.3 Å². The molecule has 1 unspecified atom stereocenters. The molecule has 2 heterocycles. The summed E-state index contributed by atoms with van der Waals surface area (Å²) in [5.74, 6) is 1.85. The van der Waals surface area contributed by atoms with Crippen molar-refractivity contribution in [2.45, 2.75) is 62.8 Å². The minimum atomic E-state index is -1.21. The van der Waals surface area contributed by atoms with Crippen LogP contribution in [-0.4, -0.2) is 59.3 Å². The first-order valence-electron chi connectivity index (χ1n) is 12.2. The fourth-order valence-corrected chi connectivity index (χ4v) is 6.96. The van der Waals surface area contributed by atoms with Crippen molar-refractivity contribution in [3.8, 4) is 5.75 Å². The Morgan fingerprint density at radius 3 is 2.76 bits per heavy atom. The molecule has 1 atom stereocenters. The molecule has 0 spiro atoms. The van der Waals surface area contributed by atoms with E-state index >= 15 is 4.39 Å². The lowest BCUT2D eigenvalue weighted by atomic mass is 9.74. The smallest absolute Gasteiger partial charge is 0.127 e. The molecule has 182 valence electrons. The Balaban J connectivity index is 1.33. The summed E-state index contributed by atoms with van der Waals surface area (Å²) in [7, 11) is 1.59. The number of alkyl halides is 1. The molecule has 1 aliphatic carbocycles. The molecule has 1 saturated carbocycles. The van der Waals surface area contributed by atoms with Crippen LogP contribution >= 0.6 is 23.4 Å². The fraction of sp³-hybridized carbons (Fsp3) is 0.654. The minimum absolute atomic E-state index is 0.114. The van der Waals surface area contributed by atoms with Gasteiger partial charge in [-0.3, -0.25) is 4.98 Å². The maximum Gasteiger partial charge on any atom is 0.127 e. The summed E-state index contributed by atoms with van der Waals surface area (Å²) in [5.41, 5.74) is 0.987. The van der Waals surface area contributed by atoms with Crippen LogP contribution < -0.4 is 4.74 Å². The summed E-state index contributed by atoms with van der Waals surface area (Å²) in [6.45, 7) is 3.20. The summed E-state index contributed by atoms with van der Waals surface area (Å²) in [5, 5.41) is 12.1. The molecular weight excluding hydrogens is 459 g/mol. The molecule has 1 aromatic carbocycles. The monoisotopic (exact) mass is 494 g/mol. The Morgan fingerprint density at radius 2 is 2.06 bits per heavy atom. The highest BCUT2D eigenvalue weighted by atomic mass is 35.5. The van der Waals surface area contributed by atoms with Gasteiger partial charge >= 0.3 is 0 Å². The number of pyridine rings is 1. The van der Waals surface area contributed by atoms with Gasteiger partial charge in [-0.1, -0.05) is 24.4 Å². The molecule has 7 heteroatoms. The van der Waals surface area contributed by atoms with Crippen LogP contribution in [0.3, 0.4) is 0 Å². The standard InChI is InChI=1S/C26H36ClFN2O2S/c1-32-19-6-7-24-21(16-19)25(22(27)17-29-24)23(28)8-9-26(18-31)10-12-30(13-11-26)14-15-33-20-4-2-3-5-20/h6-7,16-17,20,23,31H,2-5,8-15,18H2,1H3. The SMILES string of the molecule is COc1ccc2ncc(Cl)c(C(F)CCC3(CO)CCN(CCSC4CCCC4)CC3)c2c1. The van der Waals surface area contributed by atoms with E-state index in [1.807, 2.05) is 12.1 Å². The van der Waals surface area contributed by atoms with Crippen molar-refractivity contribution < 1.29 is 14.2 Å². The number of ether oxygens (including phenoxy) is 1. The lowest BCUT2D eigenvalue weighted by molar-refractivity contribution is 0.0323. The van der Waals surface area contributed by atoms with Crippen LogP contribution in [0.25, 0.3) is 10.9 Å². The van der Waals surface area contributed by atoms with Crippen LogP contribution in [0, 0.1) is 5.41 Å². The van der Waals surface area contributed by atoms with Crippen molar-refractivity contribution in [3.63, 3.8) is 0 Å². The van der Waals surface area contributed by atoms with Crippen molar-refractivity contribution in [1.29, 1.82) is 0 Å². The molecule has 0 bridgehead atoms. The average Bonchev–Trinajstić information content (AvgIpc) is 3.36. The van der Waals surface area contributed by atoms with Crippen molar-refractivity contribution >= 4 is 34.3 Å². The second kappa shape index (κ2) is 11.6. The second-order valence-corrected chi connectivity index (χ2v) is 11.5. The first kappa shape index (κ1) is 25.0. The number of hydrogen-bond acceptors (Lipinski definition) is 5. The molecule has 4 rings (SSSR count). The van der Waals surface area contributed by atoms with Crippen LogP contribution in [0.1, 0.15) is 63.1 Å². The van der Waals surface area contributed by atoms with E-state index in [2.05, 4.69) is 21.6 Å². The van der Waals surface area contributed by atoms with Gasteiger partial charge in [0.25, 0.3) is 0 Å². The van der Waals surface area contributed by atoms with Crippen LogP contribution in [0.2, 0.25) is 5.02 Å². The summed E-state index contributed by atoms with van der Waals surface area (Å²) < 4.78 is 20.9. The van der Waals surface area contributed by atoms with E-state index in [1.54, 1.807) is 13.2 Å². The molecule has 1 N–H and O–H groups in total. The topological polar surface area (TPSA) is 45.6 Å². The number of thioether (sulfide) groups is 1. The third-order valence-corrected chi connectivity index (χ3v) is 9.29. The Bertz CT molecular complexity index is 917. The predicted octanol–water partition coefficient (Wildman–Crippen LogP) is 6.44. The molecule has 1 saturated heterocycles. The van der Waals surface area contributed by atoms with Gasteiger partial charge in [-0.05, 0) is 75.2 Å². The molecule has 1 aliphatic heterocycles. The first-order valence-corrected chi connectivity index (χ1v) is 13.7. The second-order valence-electron chi connectivity index (χ2n) is 9.69. The molecule has 33 heavy (non-hydrogen) atoms. The Hall–Kier alpha value is -1.08.